The summed E-state index contributed by atoms with van der Waals surface area (Å²) < 4.78 is 15.9. The highest BCUT2D eigenvalue weighted by molar-refractivity contribution is 6.36. The molecule has 1 aliphatic rings. The van der Waals surface area contributed by atoms with Gasteiger partial charge in [-0.05, 0) is 62.4 Å². The Labute approximate surface area is 243 Å². The van der Waals surface area contributed by atoms with Gasteiger partial charge in [0, 0.05) is 44.7 Å². The van der Waals surface area contributed by atoms with Crippen LogP contribution in [0.25, 0.3) is 11.0 Å². The van der Waals surface area contributed by atoms with Gasteiger partial charge in [-0.1, -0.05) is 36.2 Å². The number of hydrogen-bond acceptors (Lipinski definition) is 5. The SMILES string of the molecule is CCCNC(=O)c1cc2nc(Cc3c(Cl)ccc(CNC(=O)C(C)(C)F)c3Cl)n(C)c2cc1N1CCC(O)CC1. The molecular weight excluding hydrogens is 556 g/mol. The molecule has 1 fully saturated rings. The van der Waals surface area contributed by atoms with Crippen LogP contribution in [-0.2, 0) is 24.8 Å². The molecule has 0 saturated carbocycles. The van der Waals surface area contributed by atoms with Crippen LogP contribution in [0.5, 0.6) is 0 Å². The van der Waals surface area contributed by atoms with Gasteiger partial charge in [0.2, 0.25) is 0 Å². The third-order valence-electron chi connectivity index (χ3n) is 7.26. The Morgan fingerprint density at radius 2 is 1.88 bits per heavy atom. The average Bonchev–Trinajstić information content (AvgIpc) is 3.22. The normalized spacial score (nSPS) is 14.6. The number of benzene rings is 2. The number of halogens is 3. The number of amides is 2. The maximum Gasteiger partial charge on any atom is 0.257 e. The van der Waals surface area contributed by atoms with Crippen molar-refractivity contribution in [3.8, 4) is 0 Å². The predicted octanol–water partition coefficient (Wildman–Crippen LogP) is 4.94. The van der Waals surface area contributed by atoms with Gasteiger partial charge in [0.25, 0.3) is 11.8 Å². The van der Waals surface area contributed by atoms with Gasteiger partial charge >= 0.3 is 0 Å². The van der Waals surface area contributed by atoms with E-state index in [1.807, 2.05) is 30.7 Å². The van der Waals surface area contributed by atoms with Crippen LogP contribution in [0.15, 0.2) is 24.3 Å². The first kappa shape index (κ1) is 30.1. The van der Waals surface area contributed by atoms with Crippen molar-refractivity contribution in [2.45, 2.75) is 64.8 Å². The first-order valence-corrected chi connectivity index (χ1v) is 14.3. The second-order valence-electron chi connectivity index (χ2n) is 10.8. The van der Waals surface area contributed by atoms with Gasteiger partial charge in [0.15, 0.2) is 5.67 Å². The fourth-order valence-electron chi connectivity index (χ4n) is 4.81. The molecule has 1 saturated heterocycles. The standard InChI is InChI=1S/C29H36Cl2FN5O3/c1-5-10-33-27(39)20-13-22-24(15-23(20)37-11-8-18(38)9-12-37)36(4)25(35-22)14-19-21(30)7-6-17(26(19)31)16-34-28(40)29(2,3)32/h6-7,13,15,18,38H,5,8-12,14,16H2,1-4H3,(H,33,39)(H,34,40). The molecule has 11 heteroatoms. The van der Waals surface area contributed by atoms with Crippen molar-refractivity contribution in [2.75, 3.05) is 24.5 Å². The van der Waals surface area contributed by atoms with Gasteiger partial charge in [0.1, 0.15) is 5.82 Å². The molecular formula is C29H36Cl2FN5O3. The van der Waals surface area contributed by atoms with Crippen molar-refractivity contribution in [2.24, 2.45) is 7.05 Å². The highest BCUT2D eigenvalue weighted by Gasteiger charge is 2.27. The summed E-state index contributed by atoms with van der Waals surface area (Å²) >= 11 is 13.3. The molecule has 2 heterocycles. The quantitative estimate of drug-likeness (QED) is 0.327. The number of aromatic nitrogens is 2. The fraction of sp³-hybridized carbons (Fsp3) is 0.483. The number of imidazole rings is 1. The maximum atomic E-state index is 13.9. The molecule has 0 bridgehead atoms. The number of carbonyl (C=O) groups is 2. The number of aliphatic hydroxyl groups excluding tert-OH is 1. The molecule has 1 aliphatic heterocycles. The summed E-state index contributed by atoms with van der Waals surface area (Å²) in [6.45, 7) is 6.33. The number of aliphatic hydroxyl groups is 1. The topological polar surface area (TPSA) is 99.5 Å². The van der Waals surface area contributed by atoms with E-state index < -0.39 is 11.6 Å². The minimum absolute atomic E-state index is 0.0574. The van der Waals surface area contributed by atoms with E-state index in [0.717, 1.165) is 17.6 Å². The van der Waals surface area contributed by atoms with Crippen molar-refractivity contribution >= 4 is 51.7 Å². The van der Waals surface area contributed by atoms with Crippen LogP contribution >= 0.6 is 23.2 Å². The second-order valence-corrected chi connectivity index (χ2v) is 11.5. The van der Waals surface area contributed by atoms with E-state index in [0.29, 0.717) is 77.0 Å². The lowest BCUT2D eigenvalue weighted by Crippen LogP contribution is -2.38. The van der Waals surface area contributed by atoms with Crippen molar-refractivity contribution in [3.05, 3.63) is 56.8 Å². The first-order valence-electron chi connectivity index (χ1n) is 13.5. The number of hydrogen-bond donors (Lipinski definition) is 3. The van der Waals surface area contributed by atoms with Gasteiger partial charge in [-0.2, -0.15) is 0 Å². The van der Waals surface area contributed by atoms with E-state index in [-0.39, 0.29) is 18.6 Å². The van der Waals surface area contributed by atoms with Crippen LogP contribution in [0, 0.1) is 0 Å². The van der Waals surface area contributed by atoms with E-state index >= 15 is 0 Å². The number of anilines is 1. The predicted molar refractivity (Wildman–Crippen MR) is 157 cm³/mol. The van der Waals surface area contributed by atoms with Gasteiger partial charge in [0.05, 0.1) is 33.4 Å². The van der Waals surface area contributed by atoms with Crippen molar-refractivity contribution in [1.82, 2.24) is 20.2 Å². The first-order chi connectivity index (χ1) is 18.9. The lowest BCUT2D eigenvalue weighted by molar-refractivity contribution is -0.130. The van der Waals surface area contributed by atoms with E-state index in [2.05, 4.69) is 15.5 Å². The molecule has 216 valence electrons. The highest BCUT2D eigenvalue weighted by atomic mass is 35.5. The molecule has 0 radical (unpaired) electrons. The Bertz CT molecular complexity index is 1410. The van der Waals surface area contributed by atoms with Crippen LogP contribution in [0.4, 0.5) is 10.1 Å². The number of nitrogens with zero attached hydrogens (tertiary/aromatic N) is 3. The molecule has 3 aromatic rings. The van der Waals surface area contributed by atoms with Crippen LogP contribution in [-0.4, -0.2) is 57.9 Å². The number of piperidine rings is 1. The van der Waals surface area contributed by atoms with Crippen molar-refractivity contribution in [1.29, 1.82) is 0 Å². The van der Waals surface area contributed by atoms with Crippen LogP contribution < -0.4 is 15.5 Å². The molecule has 0 aliphatic carbocycles. The summed E-state index contributed by atoms with van der Waals surface area (Å²) in [5.41, 5.74) is 2.12. The third-order valence-corrected chi connectivity index (χ3v) is 8.08. The molecule has 3 N–H and O–H groups in total. The number of alkyl halides is 1. The van der Waals surface area contributed by atoms with Crippen molar-refractivity contribution < 1.29 is 19.1 Å². The largest absolute Gasteiger partial charge is 0.393 e. The molecule has 1 aromatic heterocycles. The van der Waals surface area contributed by atoms with Crippen LogP contribution in [0.3, 0.4) is 0 Å². The molecule has 2 aromatic carbocycles. The Hall–Kier alpha value is -2.88. The molecule has 8 nitrogen and oxygen atoms in total. The number of nitrogens with one attached hydrogen (secondary N) is 2. The van der Waals surface area contributed by atoms with Gasteiger partial charge in [-0.25, -0.2) is 9.37 Å². The van der Waals surface area contributed by atoms with Crippen molar-refractivity contribution in [3.63, 3.8) is 0 Å². The van der Waals surface area contributed by atoms with E-state index in [1.54, 1.807) is 12.1 Å². The van der Waals surface area contributed by atoms with Crippen LogP contribution in [0.1, 0.15) is 67.3 Å². The molecule has 0 unspecified atom stereocenters. The van der Waals surface area contributed by atoms with Gasteiger partial charge in [-0.15, -0.1) is 0 Å². The zero-order valence-electron chi connectivity index (χ0n) is 23.3. The lowest BCUT2D eigenvalue weighted by atomic mass is 10.0. The maximum absolute atomic E-state index is 13.9. The summed E-state index contributed by atoms with van der Waals surface area (Å²) in [4.78, 5) is 32.1. The number of fused-ring (bicyclic) bond motifs is 1. The molecule has 0 spiro atoms. The minimum Gasteiger partial charge on any atom is -0.393 e. The Kier molecular flexibility index (Phi) is 9.27. The monoisotopic (exact) mass is 591 g/mol. The average molecular weight is 593 g/mol. The molecule has 40 heavy (non-hydrogen) atoms. The summed E-state index contributed by atoms with van der Waals surface area (Å²) in [6.07, 6.45) is 2.08. The molecule has 4 rings (SSSR count). The summed E-state index contributed by atoms with van der Waals surface area (Å²) in [7, 11) is 1.90. The summed E-state index contributed by atoms with van der Waals surface area (Å²) in [5.74, 6) is -0.196. The summed E-state index contributed by atoms with van der Waals surface area (Å²) in [6, 6.07) is 7.21. The van der Waals surface area contributed by atoms with Crippen LogP contribution in [0.2, 0.25) is 10.0 Å². The Morgan fingerprint density at radius 1 is 1.18 bits per heavy atom. The number of aryl methyl sites for hydroxylation is 1. The smallest absolute Gasteiger partial charge is 0.257 e. The van der Waals surface area contributed by atoms with Gasteiger partial charge < -0.3 is 25.2 Å². The Balaban J connectivity index is 1.69. The molecule has 2 amide bonds. The molecule has 0 atom stereocenters. The lowest BCUT2D eigenvalue weighted by Gasteiger charge is -2.32. The van der Waals surface area contributed by atoms with E-state index in [1.165, 1.54) is 13.8 Å². The minimum atomic E-state index is -2.01. The highest BCUT2D eigenvalue weighted by Crippen LogP contribution is 2.33. The second kappa shape index (κ2) is 12.3. The fourth-order valence-corrected chi connectivity index (χ4v) is 5.38. The zero-order chi connectivity index (χ0) is 29.2. The number of carbonyl (C=O) groups excluding carboxylic acids is 2. The van der Waals surface area contributed by atoms with E-state index in [4.69, 9.17) is 28.2 Å². The summed E-state index contributed by atoms with van der Waals surface area (Å²) in [5, 5.41) is 16.4. The van der Waals surface area contributed by atoms with Gasteiger partial charge in [-0.3, -0.25) is 9.59 Å². The number of rotatable bonds is 9. The zero-order valence-corrected chi connectivity index (χ0v) is 24.8. The van der Waals surface area contributed by atoms with E-state index in [9.17, 15) is 19.1 Å². The third kappa shape index (κ3) is 6.53. The Morgan fingerprint density at radius 3 is 2.52 bits per heavy atom.